The number of H-pyrrole nitrogens is 1. The summed E-state index contributed by atoms with van der Waals surface area (Å²) in [5.74, 6) is -2.26. The molecular weight excluding hydrogens is 326 g/mol. The number of esters is 1. The van der Waals surface area contributed by atoms with E-state index in [1.807, 2.05) is 0 Å². The average Bonchev–Trinajstić information content (AvgIpc) is 2.48. The number of carbonyl (C=O) groups is 1. The van der Waals surface area contributed by atoms with Gasteiger partial charge in [-0.3, -0.25) is 0 Å². The Labute approximate surface area is 135 Å². The Bertz CT molecular complexity index is 793. The highest BCUT2D eigenvalue weighted by atomic mass is 32.2. The number of nitrogens with zero attached hydrogens (tertiary/aromatic N) is 1. The van der Waals surface area contributed by atoms with E-state index in [1.165, 1.54) is 6.07 Å². The Morgan fingerprint density at radius 1 is 1.35 bits per heavy atom. The third kappa shape index (κ3) is 4.16. The van der Waals surface area contributed by atoms with Crippen molar-refractivity contribution in [3.8, 4) is 0 Å². The summed E-state index contributed by atoms with van der Waals surface area (Å²) in [6, 6.07) is 3.51. The molecule has 0 bridgehead atoms. The van der Waals surface area contributed by atoms with Gasteiger partial charge in [-0.05, 0) is 31.5 Å². The van der Waals surface area contributed by atoms with Crippen LogP contribution < -0.4 is 5.69 Å². The van der Waals surface area contributed by atoms with Gasteiger partial charge < -0.3 is 9.72 Å². The number of halogens is 2. The molecule has 0 aliphatic heterocycles. The van der Waals surface area contributed by atoms with Crippen LogP contribution in [0.5, 0.6) is 0 Å². The molecule has 0 saturated carbocycles. The molecule has 1 N–H and O–H groups in total. The summed E-state index contributed by atoms with van der Waals surface area (Å²) in [6.07, 6.45) is 0. The summed E-state index contributed by atoms with van der Waals surface area (Å²) in [5.41, 5.74) is 0.419. The van der Waals surface area contributed by atoms with E-state index < -0.39 is 23.3 Å². The lowest BCUT2D eigenvalue weighted by Crippen LogP contribution is -2.19. The molecule has 0 fully saturated rings. The highest BCUT2D eigenvalue weighted by Crippen LogP contribution is 2.26. The Morgan fingerprint density at radius 2 is 2.09 bits per heavy atom. The number of aromatic nitrogens is 2. The van der Waals surface area contributed by atoms with Crippen molar-refractivity contribution < 1.29 is 18.3 Å². The summed E-state index contributed by atoms with van der Waals surface area (Å²) >= 11 is 1.08. The zero-order valence-corrected chi connectivity index (χ0v) is 13.3. The fourth-order valence-electron chi connectivity index (χ4n) is 1.89. The summed E-state index contributed by atoms with van der Waals surface area (Å²) in [5, 5.41) is 0.189. The Balaban J connectivity index is 2.29. The minimum absolute atomic E-state index is 0.166. The van der Waals surface area contributed by atoms with Crippen molar-refractivity contribution in [2.24, 2.45) is 0 Å². The smallest absolute Gasteiger partial charge is 0.346 e. The summed E-state index contributed by atoms with van der Waals surface area (Å²) in [6.45, 7) is 3.42. The van der Waals surface area contributed by atoms with Crippen LogP contribution in [0.3, 0.4) is 0 Å². The molecule has 1 heterocycles. The molecule has 0 spiro atoms. The first kappa shape index (κ1) is 17.1. The van der Waals surface area contributed by atoms with Gasteiger partial charge in [0, 0.05) is 11.4 Å². The summed E-state index contributed by atoms with van der Waals surface area (Å²) < 4.78 is 31.1. The van der Waals surface area contributed by atoms with E-state index in [2.05, 4.69) is 9.97 Å². The van der Waals surface area contributed by atoms with Crippen LogP contribution in [-0.4, -0.2) is 22.5 Å². The fourth-order valence-corrected chi connectivity index (χ4v) is 2.90. The largest absolute Gasteiger partial charge is 0.462 e. The standard InChI is InChI=1S/C15H14F2N2O3S/c1-3-22-14(20)12-8(2)18-15(21)19-13(12)23-7-9-4-5-10(16)11(17)6-9/h4-6H,3,7H2,1-2H3,(H,18,19,21). The number of rotatable bonds is 5. The van der Waals surface area contributed by atoms with Crippen LogP contribution >= 0.6 is 11.8 Å². The second kappa shape index (κ2) is 7.36. The van der Waals surface area contributed by atoms with Crippen molar-refractivity contribution >= 4 is 17.7 Å². The quantitative estimate of drug-likeness (QED) is 0.515. The number of ether oxygens (including phenoxy) is 1. The van der Waals surface area contributed by atoms with Crippen LogP contribution in [0.25, 0.3) is 0 Å². The second-order valence-electron chi connectivity index (χ2n) is 4.60. The molecule has 5 nitrogen and oxygen atoms in total. The first-order chi connectivity index (χ1) is 10.9. The third-order valence-electron chi connectivity index (χ3n) is 2.93. The number of thioether (sulfide) groups is 1. The van der Waals surface area contributed by atoms with Crippen LogP contribution in [0.2, 0.25) is 0 Å². The van der Waals surface area contributed by atoms with Crippen LogP contribution in [0.1, 0.15) is 28.5 Å². The number of aryl methyl sites for hydroxylation is 1. The monoisotopic (exact) mass is 340 g/mol. The molecule has 0 atom stereocenters. The van der Waals surface area contributed by atoms with Gasteiger partial charge in [-0.1, -0.05) is 6.07 Å². The van der Waals surface area contributed by atoms with Crippen LogP contribution in [-0.2, 0) is 10.5 Å². The van der Waals surface area contributed by atoms with Gasteiger partial charge in [0.15, 0.2) is 11.6 Å². The van der Waals surface area contributed by atoms with Crippen molar-refractivity contribution in [3.63, 3.8) is 0 Å². The summed E-state index contributed by atoms with van der Waals surface area (Å²) in [4.78, 5) is 29.7. The molecule has 1 aromatic heterocycles. The molecule has 2 rings (SSSR count). The van der Waals surface area contributed by atoms with Gasteiger partial charge in [-0.15, -0.1) is 11.8 Å². The second-order valence-corrected chi connectivity index (χ2v) is 5.57. The Morgan fingerprint density at radius 3 is 2.74 bits per heavy atom. The lowest BCUT2D eigenvalue weighted by Gasteiger charge is -2.10. The minimum Gasteiger partial charge on any atom is -0.462 e. The number of hydrogen-bond donors (Lipinski definition) is 1. The van der Waals surface area contributed by atoms with Gasteiger partial charge in [-0.25, -0.2) is 18.4 Å². The predicted octanol–water partition coefficient (Wildman–Crippen LogP) is 2.83. The van der Waals surface area contributed by atoms with Crippen molar-refractivity contribution in [1.29, 1.82) is 0 Å². The van der Waals surface area contributed by atoms with Crippen molar-refractivity contribution in [2.75, 3.05) is 6.61 Å². The third-order valence-corrected chi connectivity index (χ3v) is 3.97. The highest BCUT2D eigenvalue weighted by molar-refractivity contribution is 7.98. The lowest BCUT2D eigenvalue weighted by molar-refractivity contribution is 0.0519. The molecule has 0 amide bonds. The van der Waals surface area contributed by atoms with Crippen molar-refractivity contribution in [2.45, 2.75) is 24.6 Å². The molecule has 0 radical (unpaired) electrons. The zero-order valence-electron chi connectivity index (χ0n) is 12.5. The Kier molecular flexibility index (Phi) is 5.49. The lowest BCUT2D eigenvalue weighted by atomic mass is 10.2. The molecule has 0 saturated heterocycles. The van der Waals surface area contributed by atoms with Gasteiger partial charge in [0.25, 0.3) is 0 Å². The molecule has 0 aliphatic carbocycles. The zero-order chi connectivity index (χ0) is 17.0. The van der Waals surface area contributed by atoms with Crippen molar-refractivity contribution in [1.82, 2.24) is 9.97 Å². The Hall–Kier alpha value is -2.22. The SMILES string of the molecule is CCOC(=O)c1c(SCc2ccc(F)c(F)c2)nc(=O)[nH]c1C. The van der Waals surface area contributed by atoms with Crippen molar-refractivity contribution in [3.05, 3.63) is 57.1 Å². The maximum atomic E-state index is 13.2. The van der Waals surface area contributed by atoms with Gasteiger partial charge in [0.2, 0.25) is 0 Å². The normalized spacial score (nSPS) is 10.6. The van der Waals surface area contributed by atoms with Gasteiger partial charge >= 0.3 is 11.7 Å². The first-order valence-electron chi connectivity index (χ1n) is 6.77. The number of hydrogen-bond acceptors (Lipinski definition) is 5. The number of nitrogens with one attached hydrogen (secondary N) is 1. The number of benzene rings is 1. The topological polar surface area (TPSA) is 72.0 Å². The molecular formula is C15H14F2N2O3S. The van der Waals surface area contributed by atoms with E-state index in [0.29, 0.717) is 11.3 Å². The molecule has 2 aromatic rings. The van der Waals surface area contributed by atoms with Gasteiger partial charge in [0.1, 0.15) is 10.6 Å². The van der Waals surface area contributed by atoms with Gasteiger partial charge in [-0.2, -0.15) is 4.98 Å². The van der Waals surface area contributed by atoms with E-state index >= 15 is 0 Å². The highest BCUT2D eigenvalue weighted by Gasteiger charge is 2.19. The first-order valence-corrected chi connectivity index (χ1v) is 7.75. The van der Waals surface area contributed by atoms with E-state index in [4.69, 9.17) is 4.74 Å². The number of aromatic amines is 1. The molecule has 1 aromatic carbocycles. The van der Waals surface area contributed by atoms with E-state index in [-0.39, 0.29) is 22.9 Å². The fraction of sp³-hybridized carbons (Fsp3) is 0.267. The summed E-state index contributed by atoms with van der Waals surface area (Å²) in [7, 11) is 0. The van der Waals surface area contributed by atoms with E-state index in [1.54, 1.807) is 13.8 Å². The van der Waals surface area contributed by atoms with E-state index in [9.17, 15) is 18.4 Å². The van der Waals surface area contributed by atoms with Crippen LogP contribution in [0.15, 0.2) is 28.0 Å². The van der Waals surface area contributed by atoms with Crippen LogP contribution in [0, 0.1) is 18.6 Å². The molecule has 8 heteroatoms. The predicted molar refractivity (Wildman–Crippen MR) is 81.5 cm³/mol. The molecule has 23 heavy (non-hydrogen) atoms. The van der Waals surface area contributed by atoms with Crippen LogP contribution in [0.4, 0.5) is 8.78 Å². The molecule has 0 unspecified atom stereocenters. The minimum atomic E-state index is -0.955. The van der Waals surface area contributed by atoms with Gasteiger partial charge in [0.05, 0.1) is 6.61 Å². The maximum absolute atomic E-state index is 13.2. The number of carbonyl (C=O) groups excluding carboxylic acids is 1. The average molecular weight is 340 g/mol. The maximum Gasteiger partial charge on any atom is 0.346 e. The van der Waals surface area contributed by atoms with E-state index in [0.717, 1.165) is 23.9 Å². The molecule has 0 aliphatic rings. The molecule has 122 valence electrons.